The standard InChI is InChI=1S/C22H20FN5O2S/c1-13-10-24-22(27-19(13)15-5-7-16(23)8-6-15)28-20(18-4-3-9-31-18)17(11-25-28)21(30)26-14(2)12-29/h3-11,14,29H,12H2,1-2H3,(H,26,30). The first-order valence-corrected chi connectivity index (χ1v) is 10.5. The quantitative estimate of drug-likeness (QED) is 0.481. The summed E-state index contributed by atoms with van der Waals surface area (Å²) in [5, 5.41) is 18.3. The Morgan fingerprint density at radius 3 is 2.71 bits per heavy atom. The zero-order valence-corrected chi connectivity index (χ0v) is 17.7. The van der Waals surface area contributed by atoms with Crippen LogP contribution in [0.25, 0.3) is 27.8 Å². The number of aryl methyl sites for hydroxylation is 1. The number of aliphatic hydroxyl groups excluding tert-OH is 1. The number of amides is 1. The molecule has 158 valence electrons. The fourth-order valence-electron chi connectivity index (χ4n) is 3.10. The maximum atomic E-state index is 13.4. The molecule has 1 aromatic carbocycles. The molecule has 3 aromatic heterocycles. The highest BCUT2D eigenvalue weighted by atomic mass is 32.1. The van der Waals surface area contributed by atoms with Gasteiger partial charge in [-0.1, -0.05) is 6.07 Å². The summed E-state index contributed by atoms with van der Waals surface area (Å²) < 4.78 is 14.9. The van der Waals surface area contributed by atoms with Gasteiger partial charge in [0.25, 0.3) is 11.9 Å². The van der Waals surface area contributed by atoms with Crippen LogP contribution in [0.5, 0.6) is 0 Å². The molecule has 7 nitrogen and oxygen atoms in total. The minimum atomic E-state index is -0.396. The molecule has 0 saturated heterocycles. The second-order valence-corrected chi connectivity index (χ2v) is 8.01. The summed E-state index contributed by atoms with van der Waals surface area (Å²) in [5.74, 6) is -0.375. The van der Waals surface area contributed by atoms with Crippen LogP contribution in [0.4, 0.5) is 4.39 Å². The van der Waals surface area contributed by atoms with Crippen LogP contribution in [0, 0.1) is 12.7 Å². The lowest BCUT2D eigenvalue weighted by Crippen LogP contribution is -2.35. The van der Waals surface area contributed by atoms with E-state index in [0.717, 1.165) is 16.0 Å². The summed E-state index contributed by atoms with van der Waals surface area (Å²) in [6.07, 6.45) is 3.14. The highest BCUT2D eigenvalue weighted by molar-refractivity contribution is 7.13. The van der Waals surface area contributed by atoms with Crippen molar-refractivity contribution in [1.82, 2.24) is 25.1 Å². The van der Waals surface area contributed by atoms with E-state index in [1.54, 1.807) is 25.3 Å². The van der Waals surface area contributed by atoms with Gasteiger partial charge in [-0.25, -0.2) is 14.4 Å². The lowest BCUT2D eigenvalue weighted by molar-refractivity contribution is 0.0923. The lowest BCUT2D eigenvalue weighted by atomic mass is 10.1. The first-order chi connectivity index (χ1) is 15.0. The zero-order valence-electron chi connectivity index (χ0n) is 16.9. The highest BCUT2D eigenvalue weighted by Gasteiger charge is 2.23. The van der Waals surface area contributed by atoms with E-state index in [9.17, 15) is 14.3 Å². The lowest BCUT2D eigenvalue weighted by Gasteiger charge is -2.12. The number of carbonyl (C=O) groups excluding carboxylic acids is 1. The Kier molecular flexibility index (Phi) is 5.88. The molecule has 2 N–H and O–H groups in total. The number of thiophene rings is 1. The van der Waals surface area contributed by atoms with Crippen molar-refractivity contribution >= 4 is 17.2 Å². The van der Waals surface area contributed by atoms with Crippen molar-refractivity contribution < 1.29 is 14.3 Å². The normalized spacial score (nSPS) is 12.0. The van der Waals surface area contributed by atoms with Crippen molar-refractivity contribution in [3.05, 3.63) is 71.1 Å². The molecule has 31 heavy (non-hydrogen) atoms. The van der Waals surface area contributed by atoms with Crippen molar-refractivity contribution in [3.63, 3.8) is 0 Å². The largest absolute Gasteiger partial charge is 0.394 e. The smallest absolute Gasteiger partial charge is 0.255 e. The molecule has 4 aromatic rings. The number of nitrogens with one attached hydrogen (secondary N) is 1. The molecular weight excluding hydrogens is 417 g/mol. The molecule has 9 heteroatoms. The van der Waals surface area contributed by atoms with E-state index in [2.05, 4.69) is 20.4 Å². The van der Waals surface area contributed by atoms with Gasteiger partial charge < -0.3 is 10.4 Å². The summed E-state index contributed by atoms with van der Waals surface area (Å²) in [4.78, 5) is 22.7. The number of halogens is 1. The van der Waals surface area contributed by atoms with Crippen LogP contribution in [0.2, 0.25) is 0 Å². The monoisotopic (exact) mass is 437 g/mol. The first-order valence-electron chi connectivity index (χ1n) is 9.61. The molecule has 4 rings (SSSR count). The van der Waals surface area contributed by atoms with Gasteiger partial charge >= 0.3 is 0 Å². The number of aliphatic hydroxyl groups is 1. The maximum Gasteiger partial charge on any atom is 0.255 e. The average Bonchev–Trinajstić information content (AvgIpc) is 3.44. The van der Waals surface area contributed by atoms with Crippen LogP contribution in [0.3, 0.4) is 0 Å². The van der Waals surface area contributed by atoms with Crippen LogP contribution >= 0.6 is 11.3 Å². The highest BCUT2D eigenvalue weighted by Crippen LogP contribution is 2.30. The fraction of sp³-hybridized carbons (Fsp3) is 0.182. The number of aromatic nitrogens is 4. The SMILES string of the molecule is Cc1cnc(-n2ncc(C(=O)NC(C)CO)c2-c2cccs2)nc1-c1ccc(F)cc1. The second-order valence-electron chi connectivity index (χ2n) is 7.06. The Hall–Kier alpha value is -3.43. The number of rotatable bonds is 6. The zero-order chi connectivity index (χ0) is 22.0. The van der Waals surface area contributed by atoms with Crippen molar-refractivity contribution in [2.75, 3.05) is 6.61 Å². The summed E-state index contributed by atoms with van der Waals surface area (Å²) in [7, 11) is 0. The Balaban J connectivity index is 1.82. The predicted octanol–water partition coefficient (Wildman–Crippen LogP) is 3.62. The predicted molar refractivity (Wildman–Crippen MR) is 117 cm³/mol. The van der Waals surface area contributed by atoms with Gasteiger partial charge in [0.1, 0.15) is 11.5 Å². The Bertz CT molecular complexity index is 1210. The molecule has 0 spiro atoms. The molecule has 0 aliphatic carbocycles. The van der Waals surface area contributed by atoms with Crippen molar-refractivity contribution in [2.24, 2.45) is 0 Å². The van der Waals surface area contributed by atoms with Gasteiger partial charge in [-0.15, -0.1) is 11.3 Å². The minimum absolute atomic E-state index is 0.170. The van der Waals surface area contributed by atoms with E-state index in [1.165, 1.54) is 34.3 Å². The van der Waals surface area contributed by atoms with Gasteiger partial charge in [0.15, 0.2) is 0 Å². The molecular formula is C22H20FN5O2S. The molecule has 0 saturated carbocycles. The first kappa shape index (κ1) is 20.8. The molecule has 0 aliphatic rings. The molecule has 1 atom stereocenters. The molecule has 0 fully saturated rings. The van der Waals surface area contributed by atoms with Crippen molar-refractivity contribution in [2.45, 2.75) is 19.9 Å². The molecule has 3 heterocycles. The van der Waals surface area contributed by atoms with Gasteiger partial charge in [-0.05, 0) is 55.1 Å². The Morgan fingerprint density at radius 2 is 2.03 bits per heavy atom. The number of benzene rings is 1. The summed E-state index contributed by atoms with van der Waals surface area (Å²) >= 11 is 1.46. The summed E-state index contributed by atoms with van der Waals surface area (Å²) in [6, 6.07) is 9.46. The van der Waals surface area contributed by atoms with E-state index in [1.807, 2.05) is 24.4 Å². The second kappa shape index (κ2) is 8.75. The fourth-order valence-corrected chi connectivity index (χ4v) is 3.87. The van der Waals surface area contributed by atoms with Gasteiger partial charge in [-0.3, -0.25) is 4.79 Å². The number of carbonyl (C=O) groups is 1. The molecule has 1 unspecified atom stereocenters. The Morgan fingerprint density at radius 1 is 1.26 bits per heavy atom. The van der Waals surface area contributed by atoms with Crippen molar-refractivity contribution in [3.8, 4) is 27.8 Å². The maximum absolute atomic E-state index is 13.4. The molecule has 0 radical (unpaired) electrons. The molecule has 1 amide bonds. The van der Waals surface area contributed by atoms with E-state index in [0.29, 0.717) is 22.9 Å². The molecule has 0 aliphatic heterocycles. The topological polar surface area (TPSA) is 92.9 Å². The number of nitrogens with zero attached hydrogens (tertiary/aromatic N) is 4. The van der Waals surface area contributed by atoms with Crippen LogP contribution in [0.15, 0.2) is 54.2 Å². The third-order valence-electron chi connectivity index (χ3n) is 4.69. The van der Waals surface area contributed by atoms with Crippen LogP contribution < -0.4 is 5.32 Å². The minimum Gasteiger partial charge on any atom is -0.394 e. The van der Waals surface area contributed by atoms with Gasteiger partial charge in [0, 0.05) is 17.8 Å². The van der Waals surface area contributed by atoms with Crippen LogP contribution in [0.1, 0.15) is 22.8 Å². The van der Waals surface area contributed by atoms with E-state index in [4.69, 9.17) is 0 Å². The molecule has 0 bridgehead atoms. The third-order valence-corrected chi connectivity index (χ3v) is 5.56. The average molecular weight is 438 g/mol. The van der Waals surface area contributed by atoms with E-state index >= 15 is 0 Å². The van der Waals surface area contributed by atoms with Crippen LogP contribution in [-0.4, -0.2) is 43.4 Å². The number of hydrogen-bond acceptors (Lipinski definition) is 6. The van der Waals surface area contributed by atoms with Crippen LogP contribution in [-0.2, 0) is 0 Å². The summed E-state index contributed by atoms with van der Waals surface area (Å²) in [6.45, 7) is 3.42. The van der Waals surface area contributed by atoms with Gasteiger partial charge in [-0.2, -0.15) is 9.78 Å². The summed E-state index contributed by atoms with van der Waals surface area (Å²) in [5.41, 5.74) is 3.15. The van der Waals surface area contributed by atoms with Gasteiger partial charge in [0.05, 0.1) is 28.9 Å². The third kappa shape index (κ3) is 4.23. The van der Waals surface area contributed by atoms with Gasteiger partial charge in [0.2, 0.25) is 0 Å². The van der Waals surface area contributed by atoms with Crippen molar-refractivity contribution in [1.29, 1.82) is 0 Å². The van der Waals surface area contributed by atoms with E-state index in [-0.39, 0.29) is 18.3 Å². The Labute approximate surface area is 182 Å². The number of hydrogen-bond donors (Lipinski definition) is 2. The van der Waals surface area contributed by atoms with E-state index < -0.39 is 6.04 Å².